The fourth-order valence-corrected chi connectivity index (χ4v) is 2.44. The number of hydrogen-bond donors (Lipinski definition) is 1. The fourth-order valence-electron chi connectivity index (χ4n) is 2.44. The summed E-state index contributed by atoms with van der Waals surface area (Å²) in [6.07, 6.45) is 3.80. The molecular weight excluding hydrogens is 242 g/mol. The van der Waals surface area contributed by atoms with E-state index in [0.29, 0.717) is 23.9 Å². The maximum absolute atomic E-state index is 11.9. The average Bonchev–Trinajstić information content (AvgIpc) is 2.96. The number of furan rings is 1. The summed E-state index contributed by atoms with van der Waals surface area (Å²) in [6.45, 7) is 2.74. The molecule has 1 aliphatic heterocycles. The van der Waals surface area contributed by atoms with Crippen molar-refractivity contribution in [2.24, 2.45) is 5.92 Å². The molecule has 0 aliphatic carbocycles. The van der Waals surface area contributed by atoms with Crippen molar-refractivity contribution in [2.75, 3.05) is 13.1 Å². The highest BCUT2D eigenvalue weighted by Gasteiger charge is 2.15. The van der Waals surface area contributed by atoms with Crippen LogP contribution in [0, 0.1) is 5.92 Å². The zero-order valence-electron chi connectivity index (χ0n) is 10.7. The van der Waals surface area contributed by atoms with Gasteiger partial charge in [-0.05, 0) is 50.0 Å². The van der Waals surface area contributed by atoms with Crippen LogP contribution in [0.3, 0.4) is 0 Å². The van der Waals surface area contributed by atoms with Crippen LogP contribution < -0.4 is 10.9 Å². The van der Waals surface area contributed by atoms with Gasteiger partial charge in [0.15, 0.2) is 5.76 Å². The normalized spacial score (nSPS) is 16.6. The Morgan fingerprint density at radius 2 is 2.16 bits per heavy atom. The van der Waals surface area contributed by atoms with Gasteiger partial charge in [0.1, 0.15) is 5.69 Å². The van der Waals surface area contributed by atoms with Crippen LogP contribution in [0.4, 0.5) is 0 Å². The second kappa shape index (κ2) is 5.40. The van der Waals surface area contributed by atoms with Crippen LogP contribution in [0.5, 0.6) is 0 Å². The van der Waals surface area contributed by atoms with Gasteiger partial charge in [-0.25, -0.2) is 4.68 Å². The molecule has 0 radical (unpaired) electrons. The number of nitrogens with one attached hydrogen (secondary N) is 1. The monoisotopic (exact) mass is 259 g/mol. The molecule has 1 aliphatic rings. The molecule has 0 atom stereocenters. The molecule has 3 heterocycles. The predicted octanol–water partition coefficient (Wildman–Crippen LogP) is 1.50. The van der Waals surface area contributed by atoms with E-state index in [0.717, 1.165) is 25.9 Å². The lowest BCUT2D eigenvalue weighted by Gasteiger charge is -2.22. The Morgan fingerprint density at radius 3 is 2.89 bits per heavy atom. The van der Waals surface area contributed by atoms with Crippen molar-refractivity contribution >= 4 is 0 Å². The molecule has 2 aromatic rings. The van der Waals surface area contributed by atoms with Gasteiger partial charge >= 0.3 is 0 Å². The highest BCUT2D eigenvalue weighted by molar-refractivity contribution is 5.50. The zero-order chi connectivity index (χ0) is 13.1. The van der Waals surface area contributed by atoms with Gasteiger partial charge in [0.25, 0.3) is 5.56 Å². The summed E-state index contributed by atoms with van der Waals surface area (Å²) in [5.74, 6) is 1.22. The maximum atomic E-state index is 11.9. The topological polar surface area (TPSA) is 60.1 Å². The molecule has 1 fully saturated rings. The van der Waals surface area contributed by atoms with Crippen LogP contribution in [-0.2, 0) is 6.54 Å². The van der Waals surface area contributed by atoms with E-state index in [4.69, 9.17) is 4.42 Å². The van der Waals surface area contributed by atoms with Crippen LogP contribution in [0.2, 0.25) is 0 Å². The molecular formula is C14H17N3O2. The highest BCUT2D eigenvalue weighted by atomic mass is 16.3. The number of hydrogen-bond acceptors (Lipinski definition) is 4. The lowest BCUT2D eigenvalue weighted by molar-refractivity contribution is 0.315. The third-order valence-corrected chi connectivity index (χ3v) is 3.53. The van der Waals surface area contributed by atoms with Gasteiger partial charge in [0.05, 0.1) is 6.26 Å². The molecule has 19 heavy (non-hydrogen) atoms. The van der Waals surface area contributed by atoms with E-state index >= 15 is 0 Å². The van der Waals surface area contributed by atoms with Gasteiger partial charge in [-0.3, -0.25) is 4.79 Å². The van der Waals surface area contributed by atoms with Crippen molar-refractivity contribution in [3.8, 4) is 11.5 Å². The molecule has 3 rings (SSSR count). The highest BCUT2D eigenvalue weighted by Crippen LogP contribution is 2.17. The molecule has 0 unspecified atom stereocenters. The fraction of sp³-hybridized carbons (Fsp3) is 0.429. The molecule has 0 bridgehead atoms. The van der Waals surface area contributed by atoms with Gasteiger partial charge in [0, 0.05) is 12.6 Å². The van der Waals surface area contributed by atoms with E-state index in [1.807, 2.05) is 12.1 Å². The van der Waals surface area contributed by atoms with Crippen molar-refractivity contribution in [2.45, 2.75) is 19.4 Å². The van der Waals surface area contributed by atoms with E-state index in [1.165, 1.54) is 0 Å². The summed E-state index contributed by atoms with van der Waals surface area (Å²) in [7, 11) is 0. The first-order valence-corrected chi connectivity index (χ1v) is 6.66. The number of aromatic nitrogens is 2. The molecule has 5 heteroatoms. The molecule has 100 valence electrons. The first-order valence-electron chi connectivity index (χ1n) is 6.66. The molecule has 1 N–H and O–H groups in total. The van der Waals surface area contributed by atoms with Crippen LogP contribution in [0.1, 0.15) is 12.8 Å². The zero-order valence-corrected chi connectivity index (χ0v) is 10.7. The molecule has 0 saturated carbocycles. The van der Waals surface area contributed by atoms with E-state index in [2.05, 4.69) is 10.4 Å². The molecule has 5 nitrogen and oxygen atoms in total. The minimum Gasteiger partial charge on any atom is -0.463 e. The lowest BCUT2D eigenvalue weighted by atomic mass is 9.98. The van der Waals surface area contributed by atoms with E-state index < -0.39 is 0 Å². The van der Waals surface area contributed by atoms with Gasteiger partial charge in [0.2, 0.25) is 0 Å². The largest absolute Gasteiger partial charge is 0.463 e. The number of piperidine rings is 1. The first kappa shape index (κ1) is 12.2. The maximum Gasteiger partial charge on any atom is 0.266 e. The lowest BCUT2D eigenvalue weighted by Crippen LogP contribution is -2.33. The smallest absolute Gasteiger partial charge is 0.266 e. The van der Waals surface area contributed by atoms with Gasteiger partial charge in [-0.2, -0.15) is 5.10 Å². The molecule has 0 spiro atoms. The Hall–Kier alpha value is -1.88. The second-order valence-electron chi connectivity index (χ2n) is 4.91. The third-order valence-electron chi connectivity index (χ3n) is 3.53. The van der Waals surface area contributed by atoms with Crippen LogP contribution in [-0.4, -0.2) is 22.9 Å². The SMILES string of the molecule is O=c1ccc(-c2ccco2)nn1CC1CCNCC1. The van der Waals surface area contributed by atoms with Crippen LogP contribution in [0.25, 0.3) is 11.5 Å². The minimum atomic E-state index is -0.0474. The van der Waals surface area contributed by atoms with E-state index in [1.54, 1.807) is 23.1 Å². The van der Waals surface area contributed by atoms with Gasteiger partial charge < -0.3 is 9.73 Å². The number of nitrogens with zero attached hydrogens (tertiary/aromatic N) is 2. The van der Waals surface area contributed by atoms with Crippen molar-refractivity contribution in [3.63, 3.8) is 0 Å². The minimum absolute atomic E-state index is 0.0474. The van der Waals surface area contributed by atoms with Crippen LogP contribution >= 0.6 is 0 Å². The Labute approximate surface area is 111 Å². The summed E-state index contributed by atoms with van der Waals surface area (Å²) in [6, 6.07) is 6.94. The third kappa shape index (κ3) is 2.76. The summed E-state index contributed by atoms with van der Waals surface area (Å²) < 4.78 is 6.88. The van der Waals surface area contributed by atoms with Crippen molar-refractivity contribution in [1.82, 2.24) is 15.1 Å². The second-order valence-corrected chi connectivity index (χ2v) is 4.91. The summed E-state index contributed by atoms with van der Waals surface area (Å²) >= 11 is 0. The molecule has 2 aromatic heterocycles. The van der Waals surface area contributed by atoms with Crippen molar-refractivity contribution < 1.29 is 4.42 Å². The Kier molecular flexibility index (Phi) is 3.46. The summed E-state index contributed by atoms with van der Waals surface area (Å²) in [5, 5.41) is 7.72. The Morgan fingerprint density at radius 1 is 1.32 bits per heavy atom. The summed E-state index contributed by atoms with van der Waals surface area (Å²) in [5.41, 5.74) is 0.660. The van der Waals surface area contributed by atoms with Crippen molar-refractivity contribution in [1.29, 1.82) is 0 Å². The average molecular weight is 259 g/mol. The number of rotatable bonds is 3. The molecule has 0 amide bonds. The van der Waals surface area contributed by atoms with Crippen LogP contribution in [0.15, 0.2) is 39.7 Å². The molecule has 1 saturated heterocycles. The first-order chi connectivity index (χ1) is 9.33. The standard InChI is InChI=1S/C14H17N3O2/c18-14-4-3-12(13-2-1-9-19-13)16-17(14)10-11-5-7-15-8-6-11/h1-4,9,11,15H,5-8,10H2. The Bertz CT molecular complexity index is 583. The van der Waals surface area contributed by atoms with E-state index in [-0.39, 0.29) is 5.56 Å². The van der Waals surface area contributed by atoms with E-state index in [9.17, 15) is 4.79 Å². The summed E-state index contributed by atoms with van der Waals surface area (Å²) in [4.78, 5) is 11.9. The van der Waals surface area contributed by atoms with Gasteiger partial charge in [-0.15, -0.1) is 0 Å². The molecule has 0 aromatic carbocycles. The van der Waals surface area contributed by atoms with Crippen molar-refractivity contribution in [3.05, 3.63) is 40.9 Å². The quantitative estimate of drug-likeness (QED) is 0.907. The Balaban J connectivity index is 1.84. The van der Waals surface area contributed by atoms with Gasteiger partial charge in [-0.1, -0.05) is 0 Å². The predicted molar refractivity (Wildman–Crippen MR) is 71.8 cm³/mol.